The highest BCUT2D eigenvalue weighted by Gasteiger charge is 2.38. The fourth-order valence-corrected chi connectivity index (χ4v) is 3.28. The molecule has 0 saturated carbocycles. The highest BCUT2D eigenvalue weighted by Crippen LogP contribution is 2.38. The van der Waals surface area contributed by atoms with Gasteiger partial charge in [0, 0.05) is 17.8 Å². The first-order valence-electron chi connectivity index (χ1n) is 9.96. The van der Waals surface area contributed by atoms with Crippen LogP contribution in [0.3, 0.4) is 0 Å². The summed E-state index contributed by atoms with van der Waals surface area (Å²) in [5.74, 6) is 0.111. The largest absolute Gasteiger partial charge is 0.490 e. The summed E-state index contributed by atoms with van der Waals surface area (Å²) in [5, 5.41) is 2.68. The van der Waals surface area contributed by atoms with E-state index in [-0.39, 0.29) is 24.0 Å². The van der Waals surface area contributed by atoms with Crippen molar-refractivity contribution in [1.29, 1.82) is 0 Å². The van der Waals surface area contributed by atoms with Crippen LogP contribution in [0.1, 0.15) is 43.6 Å². The Hall–Kier alpha value is -3.03. The van der Waals surface area contributed by atoms with Crippen molar-refractivity contribution in [1.82, 2.24) is 0 Å². The van der Waals surface area contributed by atoms with E-state index in [4.69, 9.17) is 4.74 Å². The number of carbonyl (C=O) groups excluding carboxylic acids is 2. The number of fused-ring (bicyclic) bond motifs is 1. The molecule has 2 amide bonds. The number of hydrogen-bond donors (Lipinski definition) is 1. The van der Waals surface area contributed by atoms with Gasteiger partial charge in [0.25, 0.3) is 5.91 Å². The summed E-state index contributed by atoms with van der Waals surface area (Å²) in [4.78, 5) is 27.3. The van der Waals surface area contributed by atoms with E-state index in [0.29, 0.717) is 23.7 Å². The monoisotopic (exact) mass is 434 g/mol. The van der Waals surface area contributed by atoms with Gasteiger partial charge in [-0.05, 0) is 62.2 Å². The number of hydrogen-bond acceptors (Lipinski definition) is 3. The Kier molecular flexibility index (Phi) is 6.02. The maximum atomic E-state index is 13.1. The van der Waals surface area contributed by atoms with Gasteiger partial charge in [0.2, 0.25) is 5.91 Å². The summed E-state index contributed by atoms with van der Waals surface area (Å²) in [5.41, 5.74) is -0.479. The van der Waals surface area contributed by atoms with Crippen LogP contribution in [-0.4, -0.2) is 25.0 Å². The van der Waals surface area contributed by atoms with Crippen LogP contribution in [0.4, 0.5) is 24.5 Å². The summed E-state index contributed by atoms with van der Waals surface area (Å²) in [6.07, 6.45) is -4.47. The number of carbonyl (C=O) groups is 2. The number of benzene rings is 2. The first-order chi connectivity index (χ1) is 14.4. The fourth-order valence-electron chi connectivity index (χ4n) is 3.28. The van der Waals surface area contributed by atoms with Gasteiger partial charge in [0.05, 0.1) is 16.7 Å². The molecule has 3 rings (SSSR count). The van der Waals surface area contributed by atoms with E-state index in [0.717, 1.165) is 24.3 Å². The van der Waals surface area contributed by atoms with Crippen molar-refractivity contribution in [3.8, 4) is 5.75 Å². The molecule has 2 aromatic carbocycles. The molecule has 2 aromatic rings. The maximum absolute atomic E-state index is 13.1. The first-order valence-corrected chi connectivity index (χ1v) is 9.96. The summed E-state index contributed by atoms with van der Waals surface area (Å²) in [6.45, 7) is 8.35. The van der Waals surface area contributed by atoms with Gasteiger partial charge in [-0.1, -0.05) is 13.8 Å². The van der Waals surface area contributed by atoms with Gasteiger partial charge in [-0.2, -0.15) is 13.2 Å². The Morgan fingerprint density at radius 1 is 1.16 bits per heavy atom. The second kappa shape index (κ2) is 8.24. The number of amides is 2. The van der Waals surface area contributed by atoms with Crippen molar-refractivity contribution in [2.75, 3.05) is 23.4 Å². The van der Waals surface area contributed by atoms with E-state index in [1.165, 1.54) is 0 Å². The van der Waals surface area contributed by atoms with Crippen molar-refractivity contribution in [3.05, 3.63) is 53.6 Å². The summed E-state index contributed by atoms with van der Waals surface area (Å²) >= 11 is 0. The molecule has 0 bridgehead atoms. The zero-order chi connectivity index (χ0) is 23.0. The smallest absolute Gasteiger partial charge is 0.416 e. The van der Waals surface area contributed by atoms with E-state index in [9.17, 15) is 22.8 Å². The molecule has 166 valence electrons. The molecule has 31 heavy (non-hydrogen) atoms. The number of nitrogens with zero attached hydrogens (tertiary/aromatic N) is 1. The van der Waals surface area contributed by atoms with Crippen LogP contribution in [0.15, 0.2) is 42.5 Å². The quantitative estimate of drug-likeness (QED) is 0.704. The number of halogens is 3. The second-order valence-corrected chi connectivity index (χ2v) is 8.69. The first kappa shape index (κ1) is 22.7. The molecule has 0 atom stereocenters. The highest BCUT2D eigenvalue weighted by atomic mass is 19.4. The van der Waals surface area contributed by atoms with E-state index >= 15 is 0 Å². The van der Waals surface area contributed by atoms with Crippen molar-refractivity contribution >= 4 is 23.2 Å². The molecule has 0 unspecified atom stereocenters. The molecular weight excluding hydrogens is 409 g/mol. The minimum atomic E-state index is -4.47. The van der Waals surface area contributed by atoms with Crippen LogP contribution in [-0.2, 0) is 11.0 Å². The minimum Gasteiger partial charge on any atom is -0.490 e. The third-order valence-electron chi connectivity index (χ3n) is 4.94. The zero-order valence-electron chi connectivity index (χ0n) is 17.8. The lowest BCUT2D eigenvalue weighted by atomic mass is 9.92. The predicted octanol–water partition coefficient (Wildman–Crippen LogP) is 5.37. The van der Waals surface area contributed by atoms with Crippen LogP contribution >= 0.6 is 0 Å². The van der Waals surface area contributed by atoms with Crippen molar-refractivity contribution < 1.29 is 27.5 Å². The summed E-state index contributed by atoms with van der Waals surface area (Å²) < 4.78 is 44.0. The van der Waals surface area contributed by atoms with Crippen LogP contribution in [0.25, 0.3) is 0 Å². The summed E-state index contributed by atoms with van der Waals surface area (Å²) in [7, 11) is 0. The standard InChI is InChI=1S/C23H25F3N2O3/c1-14(2)12-28-18-11-17(9-10-19(18)31-13-22(3,4)21(28)30)27-20(29)15-5-7-16(8-6-15)23(24,25)26/h5-11,14H,12-13H2,1-4H3,(H,27,29). The van der Waals surface area contributed by atoms with Gasteiger partial charge in [0.1, 0.15) is 12.4 Å². The molecule has 5 nitrogen and oxygen atoms in total. The Bertz CT molecular complexity index is 983. The molecule has 1 aliphatic heterocycles. The number of ether oxygens (including phenoxy) is 1. The number of anilines is 2. The van der Waals surface area contributed by atoms with Crippen LogP contribution in [0.5, 0.6) is 5.75 Å². The van der Waals surface area contributed by atoms with E-state index in [1.807, 2.05) is 27.7 Å². The Morgan fingerprint density at radius 2 is 1.81 bits per heavy atom. The van der Waals surface area contributed by atoms with Crippen molar-refractivity contribution in [3.63, 3.8) is 0 Å². The lowest BCUT2D eigenvalue weighted by molar-refractivity contribution is -0.137. The third kappa shape index (κ3) is 5.00. The topological polar surface area (TPSA) is 58.6 Å². The highest BCUT2D eigenvalue weighted by molar-refractivity contribution is 6.05. The Labute approximate surface area is 179 Å². The van der Waals surface area contributed by atoms with Crippen LogP contribution in [0, 0.1) is 11.3 Å². The van der Waals surface area contributed by atoms with Crippen LogP contribution in [0.2, 0.25) is 0 Å². The average Bonchev–Trinajstić information content (AvgIpc) is 2.77. The van der Waals surface area contributed by atoms with Gasteiger partial charge in [0.15, 0.2) is 0 Å². The van der Waals surface area contributed by atoms with Gasteiger partial charge in [-0.3, -0.25) is 9.59 Å². The molecule has 1 heterocycles. The van der Waals surface area contributed by atoms with Crippen molar-refractivity contribution in [2.45, 2.75) is 33.9 Å². The Morgan fingerprint density at radius 3 is 2.39 bits per heavy atom. The molecule has 1 aliphatic rings. The number of alkyl halides is 3. The Balaban J connectivity index is 1.88. The van der Waals surface area contributed by atoms with E-state index < -0.39 is 23.1 Å². The van der Waals surface area contributed by atoms with Crippen LogP contribution < -0.4 is 15.0 Å². The normalized spacial score (nSPS) is 15.9. The lowest BCUT2D eigenvalue weighted by Gasteiger charge is -2.29. The minimum absolute atomic E-state index is 0.0776. The summed E-state index contributed by atoms with van der Waals surface area (Å²) in [6, 6.07) is 8.95. The lowest BCUT2D eigenvalue weighted by Crippen LogP contribution is -2.43. The fraction of sp³-hybridized carbons (Fsp3) is 0.391. The average molecular weight is 434 g/mol. The van der Waals surface area contributed by atoms with Gasteiger partial charge >= 0.3 is 6.18 Å². The molecule has 0 spiro atoms. The molecule has 0 radical (unpaired) electrons. The SMILES string of the molecule is CC(C)CN1C(=O)C(C)(C)COc2ccc(NC(=O)c3ccc(C(F)(F)F)cc3)cc21. The van der Waals surface area contributed by atoms with E-state index in [1.54, 1.807) is 23.1 Å². The van der Waals surface area contributed by atoms with Crippen molar-refractivity contribution in [2.24, 2.45) is 11.3 Å². The molecule has 8 heteroatoms. The van der Waals surface area contributed by atoms with Gasteiger partial charge in [-0.15, -0.1) is 0 Å². The van der Waals surface area contributed by atoms with Gasteiger partial charge < -0.3 is 15.0 Å². The number of rotatable bonds is 4. The maximum Gasteiger partial charge on any atom is 0.416 e. The zero-order valence-corrected chi connectivity index (χ0v) is 17.8. The van der Waals surface area contributed by atoms with Gasteiger partial charge in [-0.25, -0.2) is 0 Å². The molecule has 0 aliphatic carbocycles. The molecular formula is C23H25F3N2O3. The number of nitrogens with one attached hydrogen (secondary N) is 1. The molecule has 1 N–H and O–H groups in total. The predicted molar refractivity (Wildman–Crippen MR) is 112 cm³/mol. The molecule has 0 fully saturated rings. The third-order valence-corrected chi connectivity index (χ3v) is 4.94. The van der Waals surface area contributed by atoms with E-state index in [2.05, 4.69) is 5.32 Å². The second-order valence-electron chi connectivity index (χ2n) is 8.69. The molecule has 0 aromatic heterocycles. The molecule has 0 saturated heterocycles.